The van der Waals surface area contributed by atoms with E-state index in [-0.39, 0.29) is 36.4 Å². The number of guanidine groups is 1. The van der Waals surface area contributed by atoms with Gasteiger partial charge in [-0.1, -0.05) is 26.0 Å². The van der Waals surface area contributed by atoms with Crippen molar-refractivity contribution in [3.05, 3.63) is 46.8 Å². The third kappa shape index (κ3) is 7.71. The third-order valence-corrected chi connectivity index (χ3v) is 4.95. The molecule has 2 aromatic rings. The molecule has 1 heterocycles. The normalized spacial score (nSPS) is 11.0. The van der Waals surface area contributed by atoms with E-state index in [1.807, 2.05) is 36.0 Å². The van der Waals surface area contributed by atoms with Gasteiger partial charge in [-0.2, -0.15) is 5.10 Å². The number of rotatable bonds is 9. The quantitative estimate of drug-likeness (QED) is 0.289. The first-order valence-electron chi connectivity index (χ1n) is 10.3. The average Bonchev–Trinajstić information content (AvgIpc) is 3.07. The lowest BCUT2D eigenvalue weighted by atomic mass is 10.1. The van der Waals surface area contributed by atoms with Crippen molar-refractivity contribution in [2.75, 3.05) is 27.7 Å². The number of aliphatic imine (C=N–C) groups is 1. The van der Waals surface area contributed by atoms with E-state index in [1.165, 1.54) is 11.3 Å². The number of aryl methyl sites for hydroxylation is 2. The maximum Gasteiger partial charge on any atom is 0.241 e. The number of hydrogen-bond donors (Lipinski definition) is 2. The second kappa shape index (κ2) is 13.2. The molecule has 0 spiro atoms. The van der Waals surface area contributed by atoms with Crippen LogP contribution in [0.25, 0.3) is 0 Å². The van der Waals surface area contributed by atoms with Crippen LogP contribution in [0.15, 0.2) is 29.3 Å². The number of nitrogens with zero attached hydrogens (tertiary/aromatic N) is 4. The van der Waals surface area contributed by atoms with E-state index in [9.17, 15) is 4.79 Å². The zero-order valence-electron chi connectivity index (χ0n) is 19.4. The number of ether oxygens (including phenoxy) is 1. The van der Waals surface area contributed by atoms with Gasteiger partial charge in [0.25, 0.3) is 0 Å². The molecule has 0 aliphatic carbocycles. The van der Waals surface area contributed by atoms with Crippen LogP contribution in [-0.4, -0.2) is 54.3 Å². The fourth-order valence-corrected chi connectivity index (χ4v) is 3.16. The molecule has 1 aromatic carbocycles. The lowest BCUT2D eigenvalue weighted by molar-refractivity contribution is -0.127. The first-order chi connectivity index (χ1) is 14.4. The number of aromatic nitrogens is 2. The molecule has 0 saturated heterocycles. The minimum Gasteiger partial charge on any atom is -0.497 e. The lowest BCUT2D eigenvalue weighted by Crippen LogP contribution is -2.42. The summed E-state index contributed by atoms with van der Waals surface area (Å²) in [5.41, 5.74) is 4.54. The van der Waals surface area contributed by atoms with Crippen LogP contribution in [0.4, 0.5) is 0 Å². The Bertz CT molecular complexity index is 862. The summed E-state index contributed by atoms with van der Waals surface area (Å²) in [7, 11) is 7.10. The van der Waals surface area contributed by atoms with Crippen molar-refractivity contribution in [3.8, 4) is 5.75 Å². The van der Waals surface area contributed by atoms with Crippen LogP contribution in [0.3, 0.4) is 0 Å². The second-order valence-corrected chi connectivity index (χ2v) is 7.21. The highest BCUT2D eigenvalue weighted by Gasteiger charge is 2.14. The number of hydrogen-bond acceptors (Lipinski definition) is 4. The second-order valence-electron chi connectivity index (χ2n) is 7.21. The van der Waals surface area contributed by atoms with Gasteiger partial charge in [-0.25, -0.2) is 4.99 Å². The molecule has 1 aromatic heterocycles. The molecule has 0 saturated carbocycles. The molecule has 31 heavy (non-hydrogen) atoms. The molecular formula is C22H35IN6O2. The SMILES string of the molecule is CCc1nn(C)c(CC)c1CNC(=NCc1ccc(OC)cc1)NCC(=O)N(C)C.I. The number of carbonyl (C=O) groups excluding carboxylic acids is 1. The largest absolute Gasteiger partial charge is 0.497 e. The van der Waals surface area contributed by atoms with Crippen molar-refractivity contribution in [1.29, 1.82) is 0 Å². The van der Waals surface area contributed by atoms with Gasteiger partial charge in [-0.15, -0.1) is 24.0 Å². The van der Waals surface area contributed by atoms with Gasteiger partial charge in [0.1, 0.15) is 5.75 Å². The standard InChI is InChI=1S/C22H34N6O2.HI/c1-7-19-18(20(8-2)28(5)26-19)14-24-22(25-15-21(29)27(3)4)23-13-16-9-11-17(30-6)12-10-16;/h9-12H,7-8,13-15H2,1-6H3,(H2,23,24,25);1H. The van der Waals surface area contributed by atoms with Crippen molar-refractivity contribution in [1.82, 2.24) is 25.3 Å². The molecule has 0 aliphatic heterocycles. The van der Waals surface area contributed by atoms with Gasteiger partial charge in [0, 0.05) is 38.9 Å². The van der Waals surface area contributed by atoms with Gasteiger partial charge < -0.3 is 20.3 Å². The molecule has 8 nitrogen and oxygen atoms in total. The predicted molar refractivity (Wildman–Crippen MR) is 135 cm³/mol. The van der Waals surface area contributed by atoms with E-state index in [0.29, 0.717) is 19.0 Å². The molecule has 2 N–H and O–H groups in total. The highest BCUT2D eigenvalue weighted by molar-refractivity contribution is 14.0. The van der Waals surface area contributed by atoms with Crippen molar-refractivity contribution < 1.29 is 9.53 Å². The van der Waals surface area contributed by atoms with Crippen LogP contribution in [0.5, 0.6) is 5.75 Å². The van der Waals surface area contributed by atoms with Crippen molar-refractivity contribution in [2.24, 2.45) is 12.0 Å². The van der Waals surface area contributed by atoms with Gasteiger partial charge in [0.05, 0.1) is 25.9 Å². The van der Waals surface area contributed by atoms with Gasteiger partial charge >= 0.3 is 0 Å². The summed E-state index contributed by atoms with van der Waals surface area (Å²) in [5, 5.41) is 11.1. The summed E-state index contributed by atoms with van der Waals surface area (Å²) >= 11 is 0. The first-order valence-corrected chi connectivity index (χ1v) is 10.3. The number of nitrogens with one attached hydrogen (secondary N) is 2. The zero-order chi connectivity index (χ0) is 22.1. The van der Waals surface area contributed by atoms with Crippen LogP contribution in [0.2, 0.25) is 0 Å². The Labute approximate surface area is 202 Å². The Morgan fingerprint density at radius 3 is 2.39 bits per heavy atom. The number of carbonyl (C=O) groups is 1. The van der Waals surface area contributed by atoms with E-state index in [4.69, 9.17) is 4.74 Å². The number of benzene rings is 1. The third-order valence-electron chi connectivity index (χ3n) is 4.95. The number of methoxy groups -OCH3 is 1. The molecule has 9 heteroatoms. The maximum atomic E-state index is 12.0. The molecule has 0 radical (unpaired) electrons. The van der Waals surface area contributed by atoms with E-state index >= 15 is 0 Å². The molecule has 0 fully saturated rings. The maximum absolute atomic E-state index is 12.0. The minimum absolute atomic E-state index is 0. The highest BCUT2D eigenvalue weighted by atomic mass is 127. The summed E-state index contributed by atoms with van der Waals surface area (Å²) in [6.45, 7) is 5.51. The molecule has 0 bridgehead atoms. The predicted octanol–water partition coefficient (Wildman–Crippen LogP) is 2.50. The Hall–Kier alpha value is -2.30. The molecule has 0 unspecified atom stereocenters. The molecule has 0 atom stereocenters. The fourth-order valence-electron chi connectivity index (χ4n) is 3.16. The summed E-state index contributed by atoms with van der Waals surface area (Å²) in [5.74, 6) is 1.39. The Balaban J connectivity index is 0.00000480. The van der Waals surface area contributed by atoms with Crippen molar-refractivity contribution in [3.63, 3.8) is 0 Å². The van der Waals surface area contributed by atoms with Crippen molar-refractivity contribution in [2.45, 2.75) is 39.8 Å². The van der Waals surface area contributed by atoms with Crippen LogP contribution >= 0.6 is 24.0 Å². The van der Waals surface area contributed by atoms with Crippen LogP contribution in [0.1, 0.15) is 36.4 Å². The molecule has 2 rings (SSSR count). The molecule has 0 aliphatic rings. The van der Waals surface area contributed by atoms with Crippen molar-refractivity contribution >= 4 is 35.8 Å². The number of likely N-dealkylation sites (N-methyl/N-ethyl adjacent to an activating group) is 1. The molecular weight excluding hydrogens is 507 g/mol. The van der Waals surface area contributed by atoms with E-state index in [1.54, 1.807) is 26.1 Å². The van der Waals surface area contributed by atoms with Gasteiger partial charge in [-0.3, -0.25) is 9.48 Å². The minimum atomic E-state index is -0.0150. The molecule has 172 valence electrons. The van der Waals surface area contributed by atoms with Crippen LogP contribution < -0.4 is 15.4 Å². The smallest absolute Gasteiger partial charge is 0.241 e. The summed E-state index contributed by atoms with van der Waals surface area (Å²) in [6.07, 6.45) is 1.78. The fraction of sp³-hybridized carbons (Fsp3) is 0.500. The Kier molecular flexibility index (Phi) is 11.4. The number of amides is 1. The van der Waals surface area contributed by atoms with E-state index in [2.05, 4.69) is 34.6 Å². The first kappa shape index (κ1) is 26.7. The summed E-state index contributed by atoms with van der Waals surface area (Å²) in [4.78, 5) is 18.2. The van der Waals surface area contributed by atoms with Gasteiger partial charge in [0.15, 0.2) is 5.96 Å². The monoisotopic (exact) mass is 542 g/mol. The van der Waals surface area contributed by atoms with Gasteiger partial charge in [0.2, 0.25) is 5.91 Å². The van der Waals surface area contributed by atoms with Gasteiger partial charge in [-0.05, 0) is 30.5 Å². The summed E-state index contributed by atoms with van der Waals surface area (Å²) in [6, 6.07) is 7.79. The average molecular weight is 542 g/mol. The van der Waals surface area contributed by atoms with Crippen LogP contribution in [-0.2, 0) is 37.8 Å². The lowest BCUT2D eigenvalue weighted by Gasteiger charge is -2.15. The Morgan fingerprint density at radius 1 is 1.16 bits per heavy atom. The van der Waals surface area contributed by atoms with E-state index < -0.39 is 0 Å². The summed E-state index contributed by atoms with van der Waals surface area (Å²) < 4.78 is 7.16. The highest BCUT2D eigenvalue weighted by Crippen LogP contribution is 2.15. The molecule has 1 amide bonds. The van der Waals surface area contributed by atoms with E-state index in [0.717, 1.165) is 29.8 Å². The number of halogens is 1. The van der Waals surface area contributed by atoms with Crippen LogP contribution in [0, 0.1) is 0 Å². The zero-order valence-corrected chi connectivity index (χ0v) is 21.7. The Morgan fingerprint density at radius 2 is 1.84 bits per heavy atom. The topological polar surface area (TPSA) is 83.8 Å².